The van der Waals surface area contributed by atoms with Gasteiger partial charge in [-0.3, -0.25) is 0 Å². The van der Waals surface area contributed by atoms with E-state index in [2.05, 4.69) is 5.32 Å². The highest BCUT2D eigenvalue weighted by Gasteiger charge is 2.39. The van der Waals surface area contributed by atoms with E-state index in [1.54, 1.807) is 0 Å². The van der Waals surface area contributed by atoms with E-state index in [1.165, 1.54) is 0 Å². The third kappa shape index (κ3) is 3.60. The summed E-state index contributed by atoms with van der Waals surface area (Å²) >= 11 is 0. The Labute approximate surface area is 104 Å². The first-order valence-electron chi connectivity index (χ1n) is 6.69. The largest absolute Gasteiger partial charge is 0.444 e. The molecule has 2 fully saturated rings. The van der Waals surface area contributed by atoms with Crippen molar-refractivity contribution in [3.8, 4) is 0 Å². The van der Waals surface area contributed by atoms with E-state index >= 15 is 0 Å². The van der Waals surface area contributed by atoms with Crippen molar-refractivity contribution in [2.45, 2.75) is 64.1 Å². The van der Waals surface area contributed by atoms with Crippen LogP contribution in [0.15, 0.2) is 0 Å². The van der Waals surface area contributed by atoms with Gasteiger partial charge in [0.2, 0.25) is 0 Å². The van der Waals surface area contributed by atoms with Crippen molar-refractivity contribution in [1.29, 1.82) is 0 Å². The predicted molar refractivity (Wildman–Crippen MR) is 67.0 cm³/mol. The van der Waals surface area contributed by atoms with Gasteiger partial charge in [-0.05, 0) is 59.5 Å². The third-order valence-corrected chi connectivity index (χ3v) is 3.25. The van der Waals surface area contributed by atoms with Crippen LogP contribution < -0.4 is 5.32 Å². The second-order valence-corrected chi connectivity index (χ2v) is 6.10. The maximum atomic E-state index is 12.2. The van der Waals surface area contributed by atoms with Crippen molar-refractivity contribution in [2.24, 2.45) is 0 Å². The number of nitrogens with zero attached hydrogens (tertiary/aromatic N) is 1. The van der Waals surface area contributed by atoms with Crippen LogP contribution in [0, 0.1) is 0 Å². The normalized spacial score (nSPS) is 22.3. The standard InChI is InChI=1S/C13H24N2O2/c1-13(2,3)17-12(16)15(10-4-5-10)11-6-8-14-9-7-11/h10-11,14H,4-9H2,1-3H3. The van der Waals surface area contributed by atoms with Gasteiger partial charge in [0.15, 0.2) is 0 Å². The lowest BCUT2D eigenvalue weighted by Gasteiger charge is -2.36. The van der Waals surface area contributed by atoms with Crippen LogP contribution in [0.1, 0.15) is 46.5 Å². The zero-order chi connectivity index (χ0) is 12.5. The fourth-order valence-corrected chi connectivity index (χ4v) is 2.35. The molecule has 0 unspecified atom stereocenters. The minimum Gasteiger partial charge on any atom is -0.444 e. The highest BCUT2D eigenvalue weighted by Crippen LogP contribution is 2.32. The second-order valence-electron chi connectivity index (χ2n) is 6.10. The minimum atomic E-state index is -0.392. The molecule has 1 saturated heterocycles. The molecule has 17 heavy (non-hydrogen) atoms. The van der Waals surface area contributed by atoms with Crippen LogP contribution in [0.25, 0.3) is 0 Å². The summed E-state index contributed by atoms with van der Waals surface area (Å²) < 4.78 is 5.52. The van der Waals surface area contributed by atoms with Crippen molar-refractivity contribution < 1.29 is 9.53 Å². The molecular weight excluding hydrogens is 216 g/mol. The lowest BCUT2D eigenvalue weighted by molar-refractivity contribution is 0.0107. The molecule has 2 rings (SSSR count). The van der Waals surface area contributed by atoms with Gasteiger partial charge in [0, 0.05) is 12.1 Å². The highest BCUT2D eigenvalue weighted by molar-refractivity contribution is 5.69. The van der Waals surface area contributed by atoms with Crippen molar-refractivity contribution in [2.75, 3.05) is 13.1 Å². The molecule has 1 aliphatic carbocycles. The SMILES string of the molecule is CC(C)(C)OC(=O)N(C1CCNCC1)C1CC1. The minimum absolute atomic E-state index is 0.119. The first kappa shape index (κ1) is 12.7. The van der Waals surface area contributed by atoms with E-state index in [0.29, 0.717) is 12.1 Å². The van der Waals surface area contributed by atoms with Gasteiger partial charge in [-0.15, -0.1) is 0 Å². The van der Waals surface area contributed by atoms with Crippen LogP contribution in [-0.2, 0) is 4.74 Å². The molecule has 1 amide bonds. The Morgan fingerprint density at radius 2 is 1.65 bits per heavy atom. The molecule has 2 aliphatic rings. The summed E-state index contributed by atoms with van der Waals surface area (Å²) in [6.07, 6.45) is 4.27. The van der Waals surface area contributed by atoms with Crippen molar-refractivity contribution >= 4 is 6.09 Å². The molecule has 1 heterocycles. The van der Waals surface area contributed by atoms with E-state index < -0.39 is 5.60 Å². The Bertz CT molecular complexity index is 276. The Balaban J connectivity index is 1.98. The maximum absolute atomic E-state index is 12.2. The summed E-state index contributed by atoms with van der Waals surface area (Å²) in [5.41, 5.74) is -0.392. The monoisotopic (exact) mass is 240 g/mol. The molecule has 4 heteroatoms. The molecule has 1 N–H and O–H groups in total. The Morgan fingerprint density at radius 1 is 1.12 bits per heavy atom. The smallest absolute Gasteiger partial charge is 0.410 e. The quantitative estimate of drug-likeness (QED) is 0.804. The molecule has 0 spiro atoms. The number of rotatable bonds is 2. The predicted octanol–water partition coefficient (Wildman–Crippen LogP) is 2.14. The van der Waals surface area contributed by atoms with Crippen LogP contribution in [-0.4, -0.2) is 41.8 Å². The topological polar surface area (TPSA) is 41.6 Å². The summed E-state index contributed by atoms with van der Waals surface area (Å²) in [5.74, 6) is 0. The summed E-state index contributed by atoms with van der Waals surface area (Å²) in [4.78, 5) is 14.2. The number of carbonyl (C=O) groups is 1. The van der Waals surface area contributed by atoms with Crippen LogP contribution in [0.3, 0.4) is 0 Å². The van der Waals surface area contributed by atoms with Gasteiger partial charge >= 0.3 is 6.09 Å². The molecule has 98 valence electrons. The van der Waals surface area contributed by atoms with Gasteiger partial charge in [0.1, 0.15) is 5.60 Å². The molecule has 0 bridgehead atoms. The summed E-state index contributed by atoms with van der Waals surface area (Å²) in [6.45, 7) is 7.81. The summed E-state index contributed by atoms with van der Waals surface area (Å²) in [7, 11) is 0. The van der Waals surface area contributed by atoms with Crippen molar-refractivity contribution in [3.05, 3.63) is 0 Å². The van der Waals surface area contributed by atoms with E-state index in [4.69, 9.17) is 4.74 Å². The molecule has 1 aliphatic heterocycles. The van der Waals surface area contributed by atoms with Gasteiger partial charge in [-0.25, -0.2) is 4.79 Å². The van der Waals surface area contributed by atoms with E-state index in [-0.39, 0.29) is 6.09 Å². The fraction of sp³-hybridized carbons (Fsp3) is 0.923. The number of ether oxygens (including phenoxy) is 1. The number of carbonyl (C=O) groups excluding carboxylic acids is 1. The number of hydrogen-bond donors (Lipinski definition) is 1. The first-order chi connectivity index (χ1) is 7.97. The van der Waals surface area contributed by atoms with Gasteiger partial charge in [0.25, 0.3) is 0 Å². The average molecular weight is 240 g/mol. The number of hydrogen-bond acceptors (Lipinski definition) is 3. The Hall–Kier alpha value is -0.770. The van der Waals surface area contributed by atoms with Crippen LogP contribution >= 0.6 is 0 Å². The summed E-state index contributed by atoms with van der Waals surface area (Å²) in [6, 6.07) is 0.812. The Morgan fingerprint density at radius 3 is 2.12 bits per heavy atom. The van der Waals surface area contributed by atoms with Crippen molar-refractivity contribution in [3.63, 3.8) is 0 Å². The highest BCUT2D eigenvalue weighted by atomic mass is 16.6. The zero-order valence-electron chi connectivity index (χ0n) is 11.2. The van der Waals surface area contributed by atoms with Crippen molar-refractivity contribution in [1.82, 2.24) is 10.2 Å². The molecule has 0 radical (unpaired) electrons. The van der Waals surface area contributed by atoms with Crippen LogP contribution in [0.2, 0.25) is 0 Å². The second kappa shape index (κ2) is 4.84. The third-order valence-electron chi connectivity index (χ3n) is 3.25. The molecule has 0 atom stereocenters. The van der Waals surface area contributed by atoms with E-state index in [9.17, 15) is 4.79 Å². The first-order valence-corrected chi connectivity index (χ1v) is 6.69. The number of amides is 1. The molecule has 0 aromatic carbocycles. The summed E-state index contributed by atoms with van der Waals surface area (Å²) in [5, 5.41) is 3.34. The van der Waals surface area contributed by atoms with Crippen LogP contribution in [0.4, 0.5) is 4.79 Å². The maximum Gasteiger partial charge on any atom is 0.410 e. The van der Waals surface area contributed by atoms with Gasteiger partial charge in [0.05, 0.1) is 0 Å². The van der Waals surface area contributed by atoms with E-state index in [0.717, 1.165) is 38.8 Å². The van der Waals surface area contributed by atoms with E-state index in [1.807, 2.05) is 25.7 Å². The number of piperidine rings is 1. The molecule has 1 saturated carbocycles. The molecule has 0 aromatic heterocycles. The molecular formula is C13H24N2O2. The van der Waals surface area contributed by atoms with Crippen LogP contribution in [0.5, 0.6) is 0 Å². The lowest BCUT2D eigenvalue weighted by atomic mass is 10.1. The molecule has 4 nitrogen and oxygen atoms in total. The average Bonchev–Trinajstić information content (AvgIpc) is 3.01. The van der Waals surface area contributed by atoms with Gasteiger partial charge < -0.3 is 15.0 Å². The zero-order valence-corrected chi connectivity index (χ0v) is 11.2. The van der Waals surface area contributed by atoms with Gasteiger partial charge in [-0.1, -0.05) is 0 Å². The number of nitrogens with one attached hydrogen (secondary N) is 1. The lowest BCUT2D eigenvalue weighted by Crippen LogP contribution is -2.48. The molecule has 0 aromatic rings. The fourth-order valence-electron chi connectivity index (χ4n) is 2.35. The Kier molecular flexibility index (Phi) is 3.61. The van der Waals surface area contributed by atoms with Gasteiger partial charge in [-0.2, -0.15) is 0 Å².